The zero-order valence-electron chi connectivity index (χ0n) is 12.7. The summed E-state index contributed by atoms with van der Waals surface area (Å²) in [6.07, 6.45) is 1.25. The predicted molar refractivity (Wildman–Crippen MR) is 77.6 cm³/mol. The normalized spacial score (nSPS) is 12.6. The molecule has 0 N–H and O–H groups in total. The Morgan fingerprint density at radius 3 is 2.00 bits per heavy atom. The third kappa shape index (κ3) is 9.20. The molecular weight excluding hydrogens is 224 g/mol. The van der Waals surface area contributed by atoms with Gasteiger partial charge in [-0.3, -0.25) is 0 Å². The van der Waals surface area contributed by atoms with Gasteiger partial charge in [0.25, 0.3) is 0 Å². The van der Waals surface area contributed by atoms with Gasteiger partial charge in [-0.2, -0.15) is 0 Å². The molecular formula is C16H28O2. The van der Waals surface area contributed by atoms with Gasteiger partial charge in [-0.15, -0.1) is 0 Å². The molecule has 0 aromatic heterocycles. The summed E-state index contributed by atoms with van der Waals surface area (Å²) in [5.41, 5.74) is 1.03. The van der Waals surface area contributed by atoms with Gasteiger partial charge in [-0.05, 0) is 26.3 Å². The van der Waals surface area contributed by atoms with Crippen LogP contribution in [0.3, 0.4) is 0 Å². The molecule has 0 bridgehead atoms. The maximum atomic E-state index is 5.22. The Bertz CT molecular complexity index is 288. The molecule has 0 spiro atoms. The van der Waals surface area contributed by atoms with Crippen LogP contribution < -0.4 is 0 Å². The maximum Gasteiger partial charge on any atom is 0.0952 e. The summed E-state index contributed by atoms with van der Waals surface area (Å²) in [6.45, 7) is 12.9. The van der Waals surface area contributed by atoms with Crippen LogP contribution in [0.2, 0.25) is 0 Å². The van der Waals surface area contributed by atoms with E-state index in [0.717, 1.165) is 0 Å². The Kier molecular flexibility index (Phi) is 8.69. The number of hydrogen-bond donors (Lipinski definition) is 0. The van der Waals surface area contributed by atoms with Gasteiger partial charge >= 0.3 is 0 Å². The van der Waals surface area contributed by atoms with Crippen molar-refractivity contribution in [3.8, 4) is 0 Å². The Morgan fingerprint density at radius 2 is 1.56 bits per heavy atom. The lowest BCUT2D eigenvalue weighted by atomic mass is 10.0. The SMILES string of the molecule is CC(COOC(C)(C)C)c1ccccc1.CCC. The topological polar surface area (TPSA) is 18.5 Å². The highest BCUT2D eigenvalue weighted by Crippen LogP contribution is 2.16. The predicted octanol–water partition coefficient (Wildman–Crippen LogP) is 4.95. The number of benzene rings is 1. The van der Waals surface area contributed by atoms with Gasteiger partial charge in [0.15, 0.2) is 0 Å². The Labute approximate surface area is 112 Å². The van der Waals surface area contributed by atoms with Crippen molar-refractivity contribution in [2.24, 2.45) is 0 Å². The van der Waals surface area contributed by atoms with Crippen LogP contribution in [0.4, 0.5) is 0 Å². The molecule has 0 saturated heterocycles. The van der Waals surface area contributed by atoms with E-state index in [2.05, 4.69) is 32.9 Å². The Hall–Kier alpha value is -0.860. The zero-order valence-corrected chi connectivity index (χ0v) is 12.7. The molecule has 2 nitrogen and oxygen atoms in total. The first-order valence-corrected chi connectivity index (χ1v) is 6.76. The molecule has 0 amide bonds. The average Bonchev–Trinajstić information content (AvgIpc) is 2.29. The van der Waals surface area contributed by atoms with E-state index in [0.29, 0.717) is 12.5 Å². The lowest BCUT2D eigenvalue weighted by Gasteiger charge is -2.19. The van der Waals surface area contributed by atoms with Gasteiger partial charge in [-0.1, -0.05) is 57.5 Å². The van der Waals surface area contributed by atoms with Gasteiger partial charge in [-0.25, -0.2) is 9.78 Å². The molecule has 0 fully saturated rings. The van der Waals surface area contributed by atoms with Gasteiger partial charge in [0, 0.05) is 5.92 Å². The molecule has 0 saturated carbocycles. The first kappa shape index (κ1) is 17.1. The molecule has 0 aliphatic heterocycles. The van der Waals surface area contributed by atoms with Crippen molar-refractivity contribution in [2.45, 2.75) is 59.5 Å². The first-order valence-electron chi connectivity index (χ1n) is 6.76. The van der Waals surface area contributed by atoms with Crippen molar-refractivity contribution in [3.63, 3.8) is 0 Å². The van der Waals surface area contributed by atoms with E-state index in [-0.39, 0.29) is 5.60 Å². The molecule has 0 radical (unpaired) electrons. The largest absolute Gasteiger partial charge is 0.236 e. The van der Waals surface area contributed by atoms with Crippen molar-refractivity contribution in [1.82, 2.24) is 0 Å². The van der Waals surface area contributed by atoms with Gasteiger partial charge in [0.2, 0.25) is 0 Å². The fourth-order valence-electron chi connectivity index (χ4n) is 1.19. The molecule has 1 aromatic carbocycles. The van der Waals surface area contributed by atoms with E-state index < -0.39 is 0 Å². The fourth-order valence-corrected chi connectivity index (χ4v) is 1.19. The van der Waals surface area contributed by atoms with Crippen LogP contribution in [-0.2, 0) is 9.78 Å². The fraction of sp³-hybridized carbons (Fsp3) is 0.625. The van der Waals surface area contributed by atoms with Gasteiger partial charge < -0.3 is 0 Å². The van der Waals surface area contributed by atoms with Crippen LogP contribution in [0.15, 0.2) is 30.3 Å². The number of hydrogen-bond acceptors (Lipinski definition) is 2. The molecule has 1 rings (SSSR count). The van der Waals surface area contributed by atoms with E-state index in [4.69, 9.17) is 9.78 Å². The van der Waals surface area contributed by atoms with Crippen molar-refractivity contribution in [3.05, 3.63) is 35.9 Å². The van der Waals surface area contributed by atoms with Crippen LogP contribution in [0.5, 0.6) is 0 Å². The summed E-state index contributed by atoms with van der Waals surface area (Å²) in [6, 6.07) is 10.3. The summed E-state index contributed by atoms with van der Waals surface area (Å²) < 4.78 is 0. The molecule has 0 heterocycles. The summed E-state index contributed by atoms with van der Waals surface area (Å²) in [5.74, 6) is 0.355. The molecule has 1 atom stereocenters. The number of rotatable bonds is 4. The average molecular weight is 252 g/mol. The van der Waals surface area contributed by atoms with Crippen LogP contribution in [-0.4, -0.2) is 12.2 Å². The molecule has 2 heteroatoms. The summed E-state index contributed by atoms with van der Waals surface area (Å²) in [7, 11) is 0. The van der Waals surface area contributed by atoms with Crippen molar-refractivity contribution < 1.29 is 9.78 Å². The third-order valence-electron chi connectivity index (χ3n) is 2.00. The quantitative estimate of drug-likeness (QED) is 0.557. The summed E-state index contributed by atoms with van der Waals surface area (Å²) in [5, 5.41) is 0. The minimum absolute atomic E-state index is 0.240. The van der Waals surface area contributed by atoms with Crippen molar-refractivity contribution in [2.75, 3.05) is 6.61 Å². The van der Waals surface area contributed by atoms with E-state index >= 15 is 0 Å². The lowest BCUT2D eigenvalue weighted by Crippen LogP contribution is -2.20. The molecule has 104 valence electrons. The molecule has 1 aromatic rings. The standard InChI is InChI=1S/C13H20O2.C3H8/c1-11(10-14-15-13(2,3)4)12-8-6-5-7-9-12;1-3-2/h5-9,11H,10H2,1-4H3;3H2,1-2H3. The Balaban J connectivity index is 0.000000873. The van der Waals surface area contributed by atoms with E-state index in [9.17, 15) is 0 Å². The van der Waals surface area contributed by atoms with Crippen LogP contribution >= 0.6 is 0 Å². The minimum Gasteiger partial charge on any atom is -0.236 e. The lowest BCUT2D eigenvalue weighted by molar-refractivity contribution is -0.350. The zero-order chi connectivity index (χ0) is 14.0. The molecule has 0 aliphatic rings. The van der Waals surface area contributed by atoms with E-state index in [1.165, 1.54) is 12.0 Å². The van der Waals surface area contributed by atoms with Crippen molar-refractivity contribution in [1.29, 1.82) is 0 Å². The third-order valence-corrected chi connectivity index (χ3v) is 2.00. The Morgan fingerprint density at radius 1 is 1.06 bits per heavy atom. The highest BCUT2D eigenvalue weighted by atomic mass is 17.2. The van der Waals surface area contributed by atoms with Crippen molar-refractivity contribution >= 4 is 0 Å². The van der Waals surface area contributed by atoms with Gasteiger partial charge in [0.1, 0.15) is 0 Å². The van der Waals surface area contributed by atoms with Crippen LogP contribution in [0.1, 0.15) is 59.4 Å². The van der Waals surface area contributed by atoms with Crippen LogP contribution in [0.25, 0.3) is 0 Å². The molecule has 1 unspecified atom stereocenters. The molecule has 18 heavy (non-hydrogen) atoms. The summed E-state index contributed by atoms with van der Waals surface area (Å²) in [4.78, 5) is 10.4. The first-order chi connectivity index (χ1) is 8.40. The molecule has 0 aliphatic carbocycles. The summed E-state index contributed by atoms with van der Waals surface area (Å²) >= 11 is 0. The van der Waals surface area contributed by atoms with Gasteiger partial charge in [0.05, 0.1) is 12.2 Å². The monoisotopic (exact) mass is 252 g/mol. The van der Waals surface area contributed by atoms with E-state index in [1.54, 1.807) is 0 Å². The second-order valence-corrected chi connectivity index (χ2v) is 5.50. The highest BCUT2D eigenvalue weighted by molar-refractivity contribution is 5.18. The minimum atomic E-state index is -0.240. The van der Waals surface area contributed by atoms with Crippen LogP contribution in [0, 0.1) is 0 Å². The highest BCUT2D eigenvalue weighted by Gasteiger charge is 2.13. The second kappa shape index (κ2) is 9.12. The van der Waals surface area contributed by atoms with E-state index in [1.807, 2.05) is 39.0 Å². The maximum absolute atomic E-state index is 5.22. The second-order valence-electron chi connectivity index (χ2n) is 5.50. The smallest absolute Gasteiger partial charge is 0.0952 e.